The van der Waals surface area contributed by atoms with Crippen molar-refractivity contribution in [2.75, 3.05) is 11.9 Å². The van der Waals surface area contributed by atoms with Gasteiger partial charge in [0.25, 0.3) is 11.8 Å². The first kappa shape index (κ1) is 21.5. The van der Waals surface area contributed by atoms with Crippen LogP contribution in [0.25, 0.3) is 0 Å². The highest BCUT2D eigenvalue weighted by Gasteiger charge is 2.35. The first-order valence-corrected chi connectivity index (χ1v) is 10.6. The molecule has 0 fully saturated rings. The molecule has 4 rings (SSSR count). The summed E-state index contributed by atoms with van der Waals surface area (Å²) in [7, 11) is 0. The Bertz CT molecular complexity index is 1180. The topological polar surface area (TPSA) is 90.9 Å². The molecule has 3 aromatic rings. The number of carbonyl (C=O) groups excluding carboxylic acids is 2. The van der Waals surface area contributed by atoms with Crippen LogP contribution in [0, 0.1) is 0 Å². The van der Waals surface area contributed by atoms with E-state index < -0.39 is 18.0 Å². The van der Waals surface area contributed by atoms with Gasteiger partial charge in [-0.15, -0.1) is 0 Å². The number of para-hydroxylation sites is 1. The van der Waals surface area contributed by atoms with E-state index >= 15 is 0 Å². The molecule has 1 heterocycles. The van der Waals surface area contributed by atoms with Crippen molar-refractivity contribution in [1.82, 2.24) is 10.4 Å². The van der Waals surface area contributed by atoms with Crippen LogP contribution < -0.4 is 15.5 Å². The zero-order chi connectivity index (χ0) is 22.7. The van der Waals surface area contributed by atoms with Gasteiger partial charge in [0.1, 0.15) is 18.1 Å². The summed E-state index contributed by atoms with van der Waals surface area (Å²) in [4.78, 5) is 26.2. The van der Waals surface area contributed by atoms with E-state index in [2.05, 4.69) is 33.3 Å². The van der Waals surface area contributed by atoms with Crippen LogP contribution in [0.1, 0.15) is 32.4 Å². The van der Waals surface area contributed by atoms with Gasteiger partial charge in [0.15, 0.2) is 6.17 Å². The van der Waals surface area contributed by atoms with E-state index in [0.29, 0.717) is 34.7 Å². The number of nitrogens with one attached hydrogen (secondary N) is 2. The highest BCUT2D eigenvalue weighted by molar-refractivity contribution is 9.10. The number of hydrazine groups is 1. The lowest BCUT2D eigenvalue weighted by Gasteiger charge is -2.38. The van der Waals surface area contributed by atoms with Crippen LogP contribution in [0.4, 0.5) is 5.69 Å². The molecule has 0 unspecified atom stereocenters. The number of phenols is 1. The van der Waals surface area contributed by atoms with Gasteiger partial charge in [0, 0.05) is 21.3 Å². The van der Waals surface area contributed by atoms with Crippen LogP contribution >= 0.6 is 15.9 Å². The summed E-state index contributed by atoms with van der Waals surface area (Å²) in [6.45, 7) is 3.96. The molecule has 162 valence electrons. The Morgan fingerprint density at radius 3 is 2.69 bits per heavy atom. The molecule has 0 bridgehead atoms. The Labute approximate surface area is 193 Å². The van der Waals surface area contributed by atoms with E-state index in [1.807, 2.05) is 0 Å². The summed E-state index contributed by atoms with van der Waals surface area (Å²) in [6, 6.07) is 18.5. The quantitative estimate of drug-likeness (QED) is 0.435. The number of ether oxygens (including phenoxy) is 1. The molecular formula is C24H20BrN3O4. The van der Waals surface area contributed by atoms with Crippen LogP contribution in [-0.2, 0) is 0 Å². The molecule has 0 spiro atoms. The number of benzene rings is 3. The number of halogens is 1. The van der Waals surface area contributed by atoms with Crippen molar-refractivity contribution in [2.45, 2.75) is 6.17 Å². The van der Waals surface area contributed by atoms with Crippen molar-refractivity contribution < 1.29 is 19.4 Å². The number of hydrogen-bond donors (Lipinski definition) is 3. The van der Waals surface area contributed by atoms with Gasteiger partial charge >= 0.3 is 0 Å². The average Bonchev–Trinajstić information content (AvgIpc) is 2.81. The van der Waals surface area contributed by atoms with Gasteiger partial charge in [-0.1, -0.05) is 40.7 Å². The van der Waals surface area contributed by atoms with Crippen molar-refractivity contribution in [3.05, 3.63) is 101 Å². The maximum atomic E-state index is 13.3. The summed E-state index contributed by atoms with van der Waals surface area (Å²) in [5, 5.41) is 14.9. The van der Waals surface area contributed by atoms with E-state index in [1.54, 1.807) is 66.7 Å². The predicted octanol–water partition coefficient (Wildman–Crippen LogP) is 4.63. The van der Waals surface area contributed by atoms with E-state index in [9.17, 15) is 14.7 Å². The number of anilines is 1. The van der Waals surface area contributed by atoms with E-state index in [4.69, 9.17) is 4.74 Å². The molecule has 1 aliphatic rings. The summed E-state index contributed by atoms with van der Waals surface area (Å²) in [6.07, 6.45) is 0.805. The maximum Gasteiger partial charge on any atom is 0.276 e. The van der Waals surface area contributed by atoms with Gasteiger partial charge in [-0.2, -0.15) is 0 Å². The number of aromatic hydroxyl groups is 1. The molecule has 2 amide bonds. The molecule has 3 aromatic carbocycles. The SMILES string of the molecule is C=CCOc1ccc(C(=O)NN2C(=O)c3ccccc3N[C@H]2c2cc(Br)ccc2O)cc1. The molecule has 8 heteroatoms. The van der Waals surface area contributed by atoms with Gasteiger partial charge in [0.05, 0.1) is 5.56 Å². The molecule has 0 aliphatic carbocycles. The smallest absolute Gasteiger partial charge is 0.276 e. The third kappa shape index (κ3) is 4.31. The monoisotopic (exact) mass is 493 g/mol. The predicted molar refractivity (Wildman–Crippen MR) is 124 cm³/mol. The Morgan fingerprint density at radius 2 is 1.94 bits per heavy atom. The molecule has 32 heavy (non-hydrogen) atoms. The number of rotatable bonds is 6. The minimum atomic E-state index is -0.825. The fourth-order valence-corrected chi connectivity index (χ4v) is 3.74. The van der Waals surface area contributed by atoms with Crippen LogP contribution in [0.15, 0.2) is 83.9 Å². The highest BCUT2D eigenvalue weighted by Crippen LogP contribution is 2.36. The Balaban J connectivity index is 1.66. The average molecular weight is 494 g/mol. The first-order valence-electron chi connectivity index (χ1n) is 9.80. The minimum Gasteiger partial charge on any atom is -0.508 e. The second-order valence-corrected chi connectivity index (χ2v) is 7.95. The normalized spacial score (nSPS) is 14.8. The molecule has 3 N–H and O–H groups in total. The number of nitrogens with zero attached hydrogens (tertiary/aromatic N) is 1. The fourth-order valence-electron chi connectivity index (χ4n) is 3.36. The van der Waals surface area contributed by atoms with Crippen molar-refractivity contribution >= 4 is 33.4 Å². The zero-order valence-electron chi connectivity index (χ0n) is 16.9. The number of hydrogen-bond acceptors (Lipinski definition) is 5. The number of phenolic OH excluding ortho intramolecular Hbond substituents is 1. The minimum absolute atomic E-state index is 0.0131. The van der Waals surface area contributed by atoms with Crippen LogP contribution in [0.3, 0.4) is 0 Å². The van der Waals surface area contributed by atoms with Crippen molar-refractivity contribution in [3.63, 3.8) is 0 Å². The first-order chi connectivity index (χ1) is 15.5. The van der Waals surface area contributed by atoms with Crippen LogP contribution in [0.5, 0.6) is 11.5 Å². The molecule has 1 aliphatic heterocycles. The second kappa shape index (κ2) is 9.15. The van der Waals surface area contributed by atoms with Crippen molar-refractivity contribution in [3.8, 4) is 11.5 Å². The zero-order valence-corrected chi connectivity index (χ0v) is 18.5. The van der Waals surface area contributed by atoms with Gasteiger partial charge in [0.2, 0.25) is 0 Å². The van der Waals surface area contributed by atoms with Gasteiger partial charge in [-0.3, -0.25) is 15.0 Å². The van der Waals surface area contributed by atoms with Crippen LogP contribution in [0.2, 0.25) is 0 Å². The van der Waals surface area contributed by atoms with E-state index in [-0.39, 0.29) is 5.75 Å². The second-order valence-electron chi connectivity index (χ2n) is 7.04. The molecule has 0 saturated carbocycles. The maximum absolute atomic E-state index is 13.3. The summed E-state index contributed by atoms with van der Waals surface area (Å²) in [5.74, 6) is -0.291. The third-order valence-corrected chi connectivity index (χ3v) is 5.41. The summed E-state index contributed by atoms with van der Waals surface area (Å²) < 4.78 is 6.16. The van der Waals surface area contributed by atoms with Gasteiger partial charge in [-0.25, -0.2) is 5.01 Å². The standard InChI is InChI=1S/C24H20BrN3O4/c1-2-13-32-17-10-7-15(8-11-17)23(30)27-28-22(19-14-16(25)9-12-21(19)29)26-20-6-4-3-5-18(20)24(28)31/h2-12,14,22,26,29H,1,13H2,(H,27,30)/t22-/m1/s1. The van der Waals surface area contributed by atoms with Crippen molar-refractivity contribution in [2.24, 2.45) is 0 Å². The van der Waals surface area contributed by atoms with Crippen LogP contribution in [-0.4, -0.2) is 28.5 Å². The van der Waals surface area contributed by atoms with E-state index in [1.165, 1.54) is 11.1 Å². The summed E-state index contributed by atoms with van der Waals surface area (Å²) >= 11 is 3.39. The Kier molecular flexibility index (Phi) is 6.13. The van der Waals surface area contributed by atoms with Gasteiger partial charge < -0.3 is 15.2 Å². The molecule has 7 nitrogen and oxygen atoms in total. The molecule has 0 aromatic heterocycles. The lowest BCUT2D eigenvalue weighted by molar-refractivity contribution is 0.0488. The Hall–Kier alpha value is -3.78. The number of fused-ring (bicyclic) bond motifs is 1. The number of carbonyl (C=O) groups is 2. The molecular weight excluding hydrogens is 474 g/mol. The van der Waals surface area contributed by atoms with E-state index in [0.717, 1.165) is 4.47 Å². The summed E-state index contributed by atoms with van der Waals surface area (Å²) in [5.41, 5.74) is 4.47. The molecule has 0 radical (unpaired) electrons. The van der Waals surface area contributed by atoms with Crippen molar-refractivity contribution in [1.29, 1.82) is 0 Å². The lowest BCUT2D eigenvalue weighted by Crippen LogP contribution is -2.52. The van der Waals surface area contributed by atoms with Gasteiger partial charge in [-0.05, 0) is 54.6 Å². The molecule has 0 saturated heterocycles. The Morgan fingerprint density at radius 1 is 1.19 bits per heavy atom. The highest BCUT2D eigenvalue weighted by atomic mass is 79.9. The third-order valence-electron chi connectivity index (χ3n) is 4.92. The number of amides is 2. The largest absolute Gasteiger partial charge is 0.508 e. The fraction of sp³-hybridized carbons (Fsp3) is 0.0833. The lowest BCUT2D eigenvalue weighted by atomic mass is 10.0. The molecule has 1 atom stereocenters.